The fraction of sp³-hybridized carbons (Fsp3) is 0.917. The van der Waals surface area contributed by atoms with Gasteiger partial charge in [-0.25, -0.2) is 0 Å². The van der Waals surface area contributed by atoms with E-state index in [2.05, 4.69) is 13.8 Å². The molecule has 1 rings (SSSR count). The Labute approximate surface area is 92.1 Å². The largest absolute Gasteiger partial charge is 0.353 e. The summed E-state index contributed by atoms with van der Waals surface area (Å²) in [6, 6.07) is 0. The first-order chi connectivity index (χ1) is 7.15. The normalized spacial score (nSPS) is 26.3. The first kappa shape index (κ1) is 12.7. The van der Waals surface area contributed by atoms with Crippen molar-refractivity contribution in [2.24, 2.45) is 11.8 Å². The van der Waals surface area contributed by atoms with Gasteiger partial charge in [0, 0.05) is 12.5 Å². The summed E-state index contributed by atoms with van der Waals surface area (Å²) in [5, 5.41) is 0. The minimum atomic E-state index is -0.103. The molecule has 88 valence electrons. The molecular formula is C12H22O3. The van der Waals surface area contributed by atoms with E-state index in [9.17, 15) is 4.79 Å². The van der Waals surface area contributed by atoms with Crippen LogP contribution in [0.3, 0.4) is 0 Å². The Bertz CT molecular complexity index is 185. The van der Waals surface area contributed by atoms with Gasteiger partial charge in [-0.05, 0) is 25.2 Å². The maximum atomic E-state index is 10.8. The highest BCUT2D eigenvalue weighted by Gasteiger charge is 2.26. The zero-order chi connectivity index (χ0) is 11.3. The number of aldehydes is 1. The number of ether oxygens (including phenoxy) is 2. The highest BCUT2D eigenvalue weighted by Crippen LogP contribution is 2.22. The first-order valence-electron chi connectivity index (χ1n) is 5.87. The van der Waals surface area contributed by atoms with Crippen molar-refractivity contribution in [1.82, 2.24) is 0 Å². The summed E-state index contributed by atoms with van der Waals surface area (Å²) in [6.45, 7) is 6.84. The van der Waals surface area contributed by atoms with Crippen molar-refractivity contribution >= 4 is 6.29 Å². The Hall–Kier alpha value is -0.410. The molecule has 15 heavy (non-hydrogen) atoms. The highest BCUT2D eigenvalue weighted by atomic mass is 16.7. The second kappa shape index (κ2) is 6.23. The first-order valence-corrected chi connectivity index (χ1v) is 5.87. The number of carbonyl (C=O) groups excluding carboxylic acids is 1. The smallest absolute Gasteiger partial charge is 0.157 e. The molecular weight excluding hydrogens is 192 g/mol. The molecule has 0 unspecified atom stereocenters. The monoisotopic (exact) mass is 214 g/mol. The zero-order valence-corrected chi connectivity index (χ0v) is 9.94. The third-order valence-corrected chi connectivity index (χ3v) is 2.84. The van der Waals surface area contributed by atoms with Gasteiger partial charge in [0.25, 0.3) is 0 Å². The Balaban J connectivity index is 2.45. The molecule has 1 aliphatic heterocycles. The summed E-state index contributed by atoms with van der Waals surface area (Å²) in [5.74, 6) is 0.284. The van der Waals surface area contributed by atoms with Crippen LogP contribution in [0.25, 0.3) is 0 Å². The van der Waals surface area contributed by atoms with Crippen LogP contribution in [0.5, 0.6) is 0 Å². The summed E-state index contributed by atoms with van der Waals surface area (Å²) >= 11 is 0. The predicted molar refractivity (Wildman–Crippen MR) is 58.5 cm³/mol. The summed E-state index contributed by atoms with van der Waals surface area (Å²) in [7, 11) is 0. The summed E-state index contributed by atoms with van der Waals surface area (Å²) in [5.41, 5.74) is 0. The predicted octanol–water partition coefficient (Wildman–Crippen LogP) is 2.39. The SMILES string of the molecule is CC(C)[C@H](O[C@@H]1CCCCO1)[C@@H](C)C=O. The van der Waals surface area contributed by atoms with E-state index in [1.807, 2.05) is 6.92 Å². The molecule has 3 atom stereocenters. The van der Waals surface area contributed by atoms with Crippen LogP contribution in [-0.4, -0.2) is 25.3 Å². The van der Waals surface area contributed by atoms with Crippen molar-refractivity contribution in [3.8, 4) is 0 Å². The molecule has 1 aliphatic rings. The maximum absolute atomic E-state index is 10.8. The van der Waals surface area contributed by atoms with E-state index in [0.29, 0.717) is 5.92 Å². The second-order valence-electron chi connectivity index (χ2n) is 4.64. The fourth-order valence-corrected chi connectivity index (χ4v) is 1.96. The third kappa shape index (κ3) is 3.92. The van der Waals surface area contributed by atoms with Crippen LogP contribution >= 0.6 is 0 Å². The Kier molecular flexibility index (Phi) is 5.26. The minimum Gasteiger partial charge on any atom is -0.353 e. The van der Waals surface area contributed by atoms with E-state index in [0.717, 1.165) is 32.2 Å². The second-order valence-corrected chi connectivity index (χ2v) is 4.64. The molecule has 1 fully saturated rings. The van der Waals surface area contributed by atoms with Crippen LogP contribution in [0.4, 0.5) is 0 Å². The van der Waals surface area contributed by atoms with Gasteiger partial charge in [-0.1, -0.05) is 20.8 Å². The molecule has 0 amide bonds. The number of rotatable bonds is 5. The van der Waals surface area contributed by atoms with Crippen molar-refractivity contribution < 1.29 is 14.3 Å². The standard InChI is InChI=1S/C12H22O3/c1-9(2)12(10(3)8-13)15-11-6-4-5-7-14-11/h8-12H,4-7H2,1-3H3/t10-,11+,12-/m0/s1. The van der Waals surface area contributed by atoms with Crippen molar-refractivity contribution in [3.63, 3.8) is 0 Å². The van der Waals surface area contributed by atoms with Crippen molar-refractivity contribution in [1.29, 1.82) is 0 Å². The molecule has 0 bridgehead atoms. The van der Waals surface area contributed by atoms with E-state index in [1.54, 1.807) is 0 Å². The average molecular weight is 214 g/mol. The van der Waals surface area contributed by atoms with Gasteiger partial charge >= 0.3 is 0 Å². The fourth-order valence-electron chi connectivity index (χ4n) is 1.96. The Morgan fingerprint density at radius 3 is 2.53 bits per heavy atom. The van der Waals surface area contributed by atoms with Crippen LogP contribution in [0, 0.1) is 11.8 Å². The van der Waals surface area contributed by atoms with Crippen LogP contribution < -0.4 is 0 Å². The molecule has 1 heterocycles. The number of hydrogen-bond donors (Lipinski definition) is 0. The molecule has 3 heteroatoms. The molecule has 0 N–H and O–H groups in total. The van der Waals surface area contributed by atoms with Gasteiger partial charge in [0.1, 0.15) is 6.29 Å². The molecule has 3 nitrogen and oxygen atoms in total. The Morgan fingerprint density at radius 1 is 1.33 bits per heavy atom. The number of carbonyl (C=O) groups is 1. The lowest BCUT2D eigenvalue weighted by Gasteiger charge is -2.31. The van der Waals surface area contributed by atoms with Crippen LogP contribution in [0.2, 0.25) is 0 Å². The average Bonchev–Trinajstić information content (AvgIpc) is 2.26. The molecule has 0 radical (unpaired) electrons. The maximum Gasteiger partial charge on any atom is 0.157 e. The van der Waals surface area contributed by atoms with Gasteiger partial charge in [-0.15, -0.1) is 0 Å². The van der Waals surface area contributed by atoms with E-state index < -0.39 is 0 Å². The van der Waals surface area contributed by atoms with Crippen LogP contribution in [0.15, 0.2) is 0 Å². The van der Waals surface area contributed by atoms with Gasteiger partial charge in [0.2, 0.25) is 0 Å². The lowest BCUT2D eigenvalue weighted by molar-refractivity contribution is -0.204. The molecule has 0 spiro atoms. The number of hydrogen-bond acceptors (Lipinski definition) is 3. The summed E-state index contributed by atoms with van der Waals surface area (Å²) in [4.78, 5) is 10.8. The van der Waals surface area contributed by atoms with Gasteiger partial charge in [-0.3, -0.25) is 0 Å². The van der Waals surface area contributed by atoms with E-state index >= 15 is 0 Å². The van der Waals surface area contributed by atoms with Gasteiger partial charge in [0.05, 0.1) is 6.10 Å². The van der Waals surface area contributed by atoms with Gasteiger partial charge in [0.15, 0.2) is 6.29 Å². The van der Waals surface area contributed by atoms with E-state index in [4.69, 9.17) is 9.47 Å². The van der Waals surface area contributed by atoms with Crippen LogP contribution in [-0.2, 0) is 14.3 Å². The molecule has 0 aromatic heterocycles. The summed E-state index contributed by atoms with van der Waals surface area (Å²) in [6.07, 6.45) is 4.07. The van der Waals surface area contributed by atoms with Crippen molar-refractivity contribution in [2.45, 2.75) is 52.4 Å². The molecule has 1 saturated heterocycles. The van der Waals surface area contributed by atoms with E-state index in [-0.39, 0.29) is 18.3 Å². The lowest BCUT2D eigenvalue weighted by Crippen LogP contribution is -2.35. The molecule has 0 aromatic carbocycles. The van der Waals surface area contributed by atoms with E-state index in [1.165, 1.54) is 0 Å². The van der Waals surface area contributed by atoms with Gasteiger partial charge in [-0.2, -0.15) is 0 Å². The molecule has 0 aromatic rings. The third-order valence-electron chi connectivity index (χ3n) is 2.84. The summed E-state index contributed by atoms with van der Waals surface area (Å²) < 4.78 is 11.4. The quantitative estimate of drug-likeness (QED) is 0.659. The van der Waals surface area contributed by atoms with Crippen molar-refractivity contribution in [3.05, 3.63) is 0 Å². The zero-order valence-electron chi connectivity index (χ0n) is 9.94. The topological polar surface area (TPSA) is 35.5 Å². The van der Waals surface area contributed by atoms with Gasteiger partial charge < -0.3 is 14.3 Å². The lowest BCUT2D eigenvalue weighted by atomic mass is 9.96. The van der Waals surface area contributed by atoms with Crippen LogP contribution in [0.1, 0.15) is 40.0 Å². The van der Waals surface area contributed by atoms with Crippen molar-refractivity contribution in [2.75, 3.05) is 6.61 Å². The minimum absolute atomic E-state index is 0.0226. The molecule has 0 aliphatic carbocycles. The molecule has 0 saturated carbocycles. The highest BCUT2D eigenvalue weighted by molar-refractivity contribution is 5.53. The Morgan fingerprint density at radius 2 is 2.07 bits per heavy atom.